The molecule has 0 saturated carbocycles. The van der Waals surface area contributed by atoms with Crippen molar-refractivity contribution in [2.75, 3.05) is 0 Å². The fourth-order valence-electron chi connectivity index (χ4n) is 3.64. The zero-order valence-corrected chi connectivity index (χ0v) is 17.1. The van der Waals surface area contributed by atoms with Crippen LogP contribution in [0.3, 0.4) is 0 Å². The number of imidazole rings is 1. The molecule has 1 atom stereocenters. The molecule has 0 radical (unpaired) electrons. The molecule has 4 aromatic rings. The van der Waals surface area contributed by atoms with Gasteiger partial charge in [0.15, 0.2) is 0 Å². The molecule has 0 aliphatic rings. The monoisotopic (exact) mass is 396 g/mol. The van der Waals surface area contributed by atoms with E-state index in [1.807, 2.05) is 84.4 Å². The lowest BCUT2D eigenvalue weighted by Crippen LogP contribution is -2.30. The smallest absolute Gasteiger partial charge is 0.270 e. The number of rotatable bonds is 6. The molecule has 1 N–H and O–H groups in total. The summed E-state index contributed by atoms with van der Waals surface area (Å²) in [6.07, 6.45) is 4.28. The molecule has 0 fully saturated rings. The summed E-state index contributed by atoms with van der Waals surface area (Å²) in [6, 6.07) is 23.6. The van der Waals surface area contributed by atoms with Crippen LogP contribution >= 0.6 is 0 Å². The van der Waals surface area contributed by atoms with Gasteiger partial charge < -0.3 is 9.88 Å². The van der Waals surface area contributed by atoms with Gasteiger partial charge in [-0.05, 0) is 24.1 Å². The average Bonchev–Trinajstić information content (AvgIpc) is 3.16. The third-order valence-corrected chi connectivity index (χ3v) is 5.19. The van der Waals surface area contributed by atoms with Crippen molar-refractivity contribution in [1.29, 1.82) is 0 Å². The number of aromatic nitrogens is 3. The summed E-state index contributed by atoms with van der Waals surface area (Å²) < 4.78 is 1.85. The van der Waals surface area contributed by atoms with Crippen molar-refractivity contribution in [3.63, 3.8) is 0 Å². The highest BCUT2D eigenvalue weighted by molar-refractivity contribution is 5.99. The van der Waals surface area contributed by atoms with Gasteiger partial charge in [0.1, 0.15) is 17.2 Å². The Bertz CT molecular complexity index is 1120. The van der Waals surface area contributed by atoms with E-state index < -0.39 is 0 Å². The molecule has 0 unspecified atom stereocenters. The fourth-order valence-corrected chi connectivity index (χ4v) is 3.64. The third-order valence-electron chi connectivity index (χ3n) is 5.19. The number of carbonyl (C=O) groups is 1. The van der Waals surface area contributed by atoms with Crippen molar-refractivity contribution >= 4 is 5.91 Å². The van der Waals surface area contributed by atoms with E-state index >= 15 is 0 Å². The first kappa shape index (κ1) is 19.6. The number of nitrogens with zero attached hydrogens (tertiary/aromatic N) is 3. The van der Waals surface area contributed by atoms with Gasteiger partial charge in [-0.3, -0.25) is 9.78 Å². The molecule has 30 heavy (non-hydrogen) atoms. The van der Waals surface area contributed by atoms with E-state index in [9.17, 15) is 4.79 Å². The maximum absolute atomic E-state index is 13.5. The third kappa shape index (κ3) is 3.87. The molecule has 0 saturated heterocycles. The van der Waals surface area contributed by atoms with Gasteiger partial charge in [-0.15, -0.1) is 0 Å². The molecule has 0 spiro atoms. The van der Waals surface area contributed by atoms with Crippen LogP contribution in [0.5, 0.6) is 0 Å². The second kappa shape index (κ2) is 8.74. The molecular weight excluding hydrogens is 372 g/mol. The maximum Gasteiger partial charge on any atom is 0.270 e. The summed E-state index contributed by atoms with van der Waals surface area (Å²) in [7, 11) is 1.88. The van der Waals surface area contributed by atoms with Crippen molar-refractivity contribution in [3.05, 3.63) is 96.4 Å². The second-order valence-electron chi connectivity index (χ2n) is 7.14. The highest BCUT2D eigenvalue weighted by Gasteiger charge is 2.25. The predicted molar refractivity (Wildman–Crippen MR) is 119 cm³/mol. The normalized spacial score (nSPS) is 11.8. The number of hydrogen-bond donors (Lipinski definition) is 1. The summed E-state index contributed by atoms with van der Waals surface area (Å²) in [5, 5.41) is 3.20. The van der Waals surface area contributed by atoms with Crippen LogP contribution in [0.15, 0.2) is 85.2 Å². The van der Waals surface area contributed by atoms with Crippen LogP contribution in [0.1, 0.15) is 35.4 Å². The number of benzene rings is 2. The molecule has 5 heteroatoms. The summed E-state index contributed by atoms with van der Waals surface area (Å²) >= 11 is 0. The summed E-state index contributed by atoms with van der Waals surface area (Å²) in [5.41, 5.74) is 4.06. The average molecular weight is 396 g/mol. The Morgan fingerprint density at radius 3 is 2.27 bits per heavy atom. The van der Waals surface area contributed by atoms with Gasteiger partial charge in [-0.25, -0.2) is 4.98 Å². The lowest BCUT2D eigenvalue weighted by molar-refractivity contribution is 0.0928. The number of hydrogen-bond acceptors (Lipinski definition) is 3. The SMILES string of the molecule is CC[C@H](NC(=O)c1c(-c2ccccc2)nc(-c2cccnc2)n1C)c1ccccc1. The van der Waals surface area contributed by atoms with E-state index in [-0.39, 0.29) is 11.9 Å². The Morgan fingerprint density at radius 1 is 0.967 bits per heavy atom. The molecule has 5 nitrogen and oxygen atoms in total. The van der Waals surface area contributed by atoms with Crippen LogP contribution in [0, 0.1) is 0 Å². The minimum absolute atomic E-state index is 0.0703. The predicted octanol–water partition coefficient (Wildman–Crippen LogP) is 5.03. The maximum atomic E-state index is 13.5. The Balaban J connectivity index is 1.77. The van der Waals surface area contributed by atoms with Gasteiger partial charge in [0.25, 0.3) is 5.91 Å². The van der Waals surface area contributed by atoms with Crippen molar-refractivity contribution in [3.8, 4) is 22.6 Å². The Morgan fingerprint density at radius 2 is 1.63 bits per heavy atom. The Hall–Kier alpha value is -3.73. The number of amides is 1. The molecular formula is C25H24N4O. The summed E-state index contributed by atoms with van der Waals surface area (Å²) in [5.74, 6) is 0.564. The van der Waals surface area contributed by atoms with Crippen molar-refractivity contribution in [2.45, 2.75) is 19.4 Å². The van der Waals surface area contributed by atoms with E-state index in [0.29, 0.717) is 17.2 Å². The van der Waals surface area contributed by atoms with Crippen LogP contribution < -0.4 is 5.32 Å². The molecule has 2 aromatic heterocycles. The number of carbonyl (C=O) groups excluding carboxylic acids is 1. The quantitative estimate of drug-likeness (QED) is 0.497. The summed E-state index contributed by atoms with van der Waals surface area (Å²) in [4.78, 5) is 22.5. The van der Waals surface area contributed by atoms with Crippen LogP contribution in [0.25, 0.3) is 22.6 Å². The molecule has 1 amide bonds. The number of nitrogens with one attached hydrogen (secondary N) is 1. The first-order valence-electron chi connectivity index (χ1n) is 10.1. The highest BCUT2D eigenvalue weighted by Crippen LogP contribution is 2.29. The van der Waals surface area contributed by atoms with Gasteiger partial charge in [-0.2, -0.15) is 0 Å². The van der Waals surface area contributed by atoms with Gasteiger partial charge in [-0.1, -0.05) is 67.6 Å². The Kier molecular flexibility index (Phi) is 5.70. The largest absolute Gasteiger partial charge is 0.344 e. The van der Waals surface area contributed by atoms with E-state index in [1.165, 1.54) is 0 Å². The lowest BCUT2D eigenvalue weighted by atomic mass is 10.0. The molecule has 0 aliphatic heterocycles. The van der Waals surface area contributed by atoms with Gasteiger partial charge in [0, 0.05) is 30.6 Å². The van der Waals surface area contributed by atoms with Crippen molar-refractivity contribution < 1.29 is 4.79 Å². The van der Waals surface area contributed by atoms with Crippen molar-refractivity contribution in [2.24, 2.45) is 7.05 Å². The van der Waals surface area contributed by atoms with Crippen LogP contribution in [-0.4, -0.2) is 20.4 Å². The van der Waals surface area contributed by atoms with Crippen LogP contribution in [0.2, 0.25) is 0 Å². The Labute approximate surface area is 176 Å². The zero-order chi connectivity index (χ0) is 20.9. The van der Waals surface area contributed by atoms with E-state index in [2.05, 4.69) is 17.2 Å². The standard InChI is InChI=1S/C25H24N4O/c1-3-21(18-11-6-4-7-12-18)27-25(30)23-22(19-13-8-5-9-14-19)28-24(29(23)2)20-15-10-16-26-17-20/h4-17,21H,3H2,1-2H3,(H,27,30)/t21-/m0/s1. The van der Waals surface area contributed by atoms with Gasteiger partial charge >= 0.3 is 0 Å². The second-order valence-corrected chi connectivity index (χ2v) is 7.14. The summed E-state index contributed by atoms with van der Waals surface area (Å²) in [6.45, 7) is 2.07. The van der Waals surface area contributed by atoms with Gasteiger partial charge in [0.05, 0.1) is 6.04 Å². The molecule has 150 valence electrons. The first-order chi connectivity index (χ1) is 14.7. The minimum atomic E-state index is -0.144. The van der Waals surface area contributed by atoms with Gasteiger partial charge in [0.2, 0.25) is 0 Å². The van der Waals surface area contributed by atoms with E-state index in [1.54, 1.807) is 12.4 Å². The van der Waals surface area contributed by atoms with E-state index in [0.717, 1.165) is 23.1 Å². The molecule has 0 bridgehead atoms. The molecule has 2 aromatic carbocycles. The number of pyridine rings is 1. The molecule has 2 heterocycles. The molecule has 0 aliphatic carbocycles. The lowest BCUT2D eigenvalue weighted by Gasteiger charge is -2.18. The van der Waals surface area contributed by atoms with E-state index in [4.69, 9.17) is 4.98 Å². The zero-order valence-electron chi connectivity index (χ0n) is 17.1. The van der Waals surface area contributed by atoms with Crippen molar-refractivity contribution in [1.82, 2.24) is 19.9 Å². The fraction of sp³-hybridized carbons (Fsp3) is 0.160. The highest BCUT2D eigenvalue weighted by atomic mass is 16.2. The minimum Gasteiger partial charge on any atom is -0.344 e. The van der Waals surface area contributed by atoms with Crippen LogP contribution in [-0.2, 0) is 7.05 Å². The van der Waals surface area contributed by atoms with Crippen LogP contribution in [0.4, 0.5) is 0 Å². The molecule has 4 rings (SSSR count). The first-order valence-corrected chi connectivity index (χ1v) is 10.1. The topological polar surface area (TPSA) is 59.8 Å².